The maximum absolute atomic E-state index is 12.5. The van der Waals surface area contributed by atoms with E-state index in [1.54, 1.807) is 0 Å². The minimum absolute atomic E-state index is 0.0423. The van der Waals surface area contributed by atoms with Crippen LogP contribution >= 0.6 is 0 Å². The van der Waals surface area contributed by atoms with E-state index in [9.17, 15) is 4.79 Å². The van der Waals surface area contributed by atoms with E-state index in [2.05, 4.69) is 34.4 Å². The molecule has 1 aromatic heterocycles. The first-order valence-electron chi connectivity index (χ1n) is 10.9. The van der Waals surface area contributed by atoms with Gasteiger partial charge < -0.3 is 14.8 Å². The lowest BCUT2D eigenvalue weighted by atomic mass is 9.96. The highest BCUT2D eigenvalue weighted by Gasteiger charge is 2.30. The third kappa shape index (κ3) is 5.09. The first-order chi connectivity index (χ1) is 14.6. The molecule has 2 saturated heterocycles. The van der Waals surface area contributed by atoms with E-state index in [0.717, 1.165) is 49.4 Å². The summed E-state index contributed by atoms with van der Waals surface area (Å²) in [5.74, 6) is 0.518. The van der Waals surface area contributed by atoms with Gasteiger partial charge >= 0.3 is 0 Å². The molecule has 0 spiro atoms. The highest BCUT2D eigenvalue weighted by Crippen LogP contribution is 2.25. The zero-order valence-corrected chi connectivity index (χ0v) is 18.0. The maximum atomic E-state index is 12.5. The number of hydrogen-bond donors (Lipinski definition) is 1. The molecule has 2 fully saturated rings. The van der Waals surface area contributed by atoms with Crippen molar-refractivity contribution in [3.8, 4) is 0 Å². The molecule has 1 aromatic carbocycles. The number of amides is 1. The van der Waals surface area contributed by atoms with Gasteiger partial charge in [-0.15, -0.1) is 0 Å². The smallest absolute Gasteiger partial charge is 0.234 e. The number of piperidine rings is 1. The van der Waals surface area contributed by atoms with Crippen LogP contribution in [0, 0.1) is 19.8 Å². The molecule has 0 bridgehead atoms. The third-order valence-corrected chi connectivity index (χ3v) is 6.20. The lowest BCUT2D eigenvalue weighted by Crippen LogP contribution is -2.43. The summed E-state index contributed by atoms with van der Waals surface area (Å²) in [5.41, 5.74) is 4.40. The van der Waals surface area contributed by atoms with Crippen molar-refractivity contribution in [3.63, 3.8) is 0 Å². The zero-order valence-electron chi connectivity index (χ0n) is 18.0. The molecule has 30 heavy (non-hydrogen) atoms. The zero-order chi connectivity index (χ0) is 20.9. The molecule has 2 aromatic rings. The van der Waals surface area contributed by atoms with Gasteiger partial charge in [0.2, 0.25) is 5.91 Å². The number of rotatable bonds is 7. The van der Waals surface area contributed by atoms with Crippen LogP contribution in [-0.4, -0.2) is 59.7 Å². The topological polar surface area (TPSA) is 68.6 Å². The summed E-state index contributed by atoms with van der Waals surface area (Å²) >= 11 is 0. The first-order valence-corrected chi connectivity index (χ1v) is 10.9. The van der Waals surface area contributed by atoms with E-state index in [0.29, 0.717) is 32.2 Å². The van der Waals surface area contributed by atoms with E-state index in [1.807, 2.05) is 29.8 Å². The Labute approximate surface area is 178 Å². The fraction of sp³-hybridized carbons (Fsp3) is 0.565. The van der Waals surface area contributed by atoms with E-state index in [4.69, 9.17) is 9.47 Å². The largest absolute Gasteiger partial charge is 0.351 e. The summed E-state index contributed by atoms with van der Waals surface area (Å²) in [7, 11) is 0. The average Bonchev–Trinajstić information content (AvgIpc) is 3.37. The minimum Gasteiger partial charge on any atom is -0.351 e. The molecule has 7 heteroatoms. The Morgan fingerprint density at radius 1 is 1.13 bits per heavy atom. The Kier molecular flexibility index (Phi) is 6.82. The molecule has 162 valence electrons. The number of ether oxygens (including phenoxy) is 2. The van der Waals surface area contributed by atoms with Gasteiger partial charge in [-0.2, -0.15) is 5.10 Å². The summed E-state index contributed by atoms with van der Waals surface area (Å²) < 4.78 is 13.3. The number of nitrogens with one attached hydrogen (secondary N) is 1. The van der Waals surface area contributed by atoms with Crippen LogP contribution in [0.15, 0.2) is 30.3 Å². The van der Waals surface area contributed by atoms with Crippen molar-refractivity contribution >= 4 is 5.91 Å². The Morgan fingerprint density at radius 3 is 2.53 bits per heavy atom. The van der Waals surface area contributed by atoms with Crippen molar-refractivity contribution in [3.05, 3.63) is 52.8 Å². The van der Waals surface area contributed by atoms with Crippen molar-refractivity contribution in [2.75, 3.05) is 32.8 Å². The van der Waals surface area contributed by atoms with Crippen molar-refractivity contribution in [1.29, 1.82) is 0 Å². The number of hydrogen-bond acceptors (Lipinski definition) is 5. The highest BCUT2D eigenvalue weighted by atomic mass is 16.7. The second kappa shape index (κ2) is 9.73. The molecule has 7 nitrogen and oxygen atoms in total. The maximum Gasteiger partial charge on any atom is 0.234 e. The molecular formula is C23H32N4O3. The summed E-state index contributed by atoms with van der Waals surface area (Å²) in [4.78, 5) is 14.7. The standard InChI is InChI=1S/C23H32N4O3/c1-17-21(18(2)27(25-17)15-19-6-4-3-5-7-19)14-24-22(28)16-26-10-8-20(9-11-26)23-29-12-13-30-23/h3-7,20,23H,8-16H2,1-2H3,(H,24,28). The molecule has 0 unspecified atom stereocenters. The molecule has 2 aliphatic heterocycles. The van der Waals surface area contributed by atoms with Gasteiger partial charge in [-0.05, 0) is 45.3 Å². The lowest BCUT2D eigenvalue weighted by molar-refractivity contribution is -0.124. The Hall–Kier alpha value is -2.22. The van der Waals surface area contributed by atoms with Crippen LogP contribution in [0.1, 0.15) is 35.4 Å². The molecule has 0 saturated carbocycles. The minimum atomic E-state index is -0.0423. The second-order valence-electron chi connectivity index (χ2n) is 8.29. The van der Waals surface area contributed by atoms with Gasteiger partial charge in [0.25, 0.3) is 0 Å². The Balaban J connectivity index is 1.25. The van der Waals surface area contributed by atoms with Crippen molar-refractivity contribution in [2.45, 2.75) is 46.1 Å². The van der Waals surface area contributed by atoms with Gasteiger partial charge in [-0.25, -0.2) is 0 Å². The first kappa shape index (κ1) is 21.0. The van der Waals surface area contributed by atoms with Crippen molar-refractivity contribution in [1.82, 2.24) is 20.0 Å². The molecule has 1 amide bonds. The highest BCUT2D eigenvalue weighted by molar-refractivity contribution is 5.78. The van der Waals surface area contributed by atoms with Crippen molar-refractivity contribution in [2.24, 2.45) is 5.92 Å². The number of nitrogens with zero attached hydrogens (tertiary/aromatic N) is 3. The number of aromatic nitrogens is 2. The fourth-order valence-electron chi connectivity index (χ4n) is 4.38. The van der Waals surface area contributed by atoms with Crippen LogP contribution < -0.4 is 5.32 Å². The Morgan fingerprint density at radius 2 is 1.83 bits per heavy atom. The molecule has 0 radical (unpaired) electrons. The summed E-state index contributed by atoms with van der Waals surface area (Å²) in [5, 5.41) is 7.76. The van der Waals surface area contributed by atoms with Crippen LogP contribution in [0.4, 0.5) is 0 Å². The monoisotopic (exact) mass is 412 g/mol. The molecule has 1 N–H and O–H groups in total. The lowest BCUT2D eigenvalue weighted by Gasteiger charge is -2.33. The predicted octanol–water partition coefficient (Wildman–Crippen LogP) is 2.25. The van der Waals surface area contributed by atoms with Gasteiger partial charge in [0, 0.05) is 23.7 Å². The van der Waals surface area contributed by atoms with Crippen molar-refractivity contribution < 1.29 is 14.3 Å². The third-order valence-electron chi connectivity index (χ3n) is 6.20. The Bertz CT molecular complexity index is 838. The van der Waals surface area contributed by atoms with E-state index >= 15 is 0 Å². The van der Waals surface area contributed by atoms with Gasteiger partial charge in [0.15, 0.2) is 6.29 Å². The summed E-state index contributed by atoms with van der Waals surface area (Å²) in [6, 6.07) is 10.3. The van der Waals surface area contributed by atoms with Gasteiger partial charge in [0.05, 0.1) is 32.0 Å². The number of carbonyl (C=O) groups excluding carboxylic acids is 1. The molecule has 3 heterocycles. The second-order valence-corrected chi connectivity index (χ2v) is 8.29. The quantitative estimate of drug-likeness (QED) is 0.756. The average molecular weight is 413 g/mol. The molecule has 0 aliphatic carbocycles. The predicted molar refractivity (Wildman–Crippen MR) is 114 cm³/mol. The fourth-order valence-corrected chi connectivity index (χ4v) is 4.38. The molecular weight excluding hydrogens is 380 g/mol. The number of benzene rings is 1. The summed E-state index contributed by atoms with van der Waals surface area (Å²) in [6.45, 7) is 9.01. The van der Waals surface area contributed by atoms with Crippen LogP contribution in [0.3, 0.4) is 0 Å². The van der Waals surface area contributed by atoms with Gasteiger partial charge in [-0.1, -0.05) is 30.3 Å². The van der Waals surface area contributed by atoms with E-state index < -0.39 is 0 Å². The van der Waals surface area contributed by atoms with E-state index in [1.165, 1.54) is 5.56 Å². The van der Waals surface area contributed by atoms with E-state index in [-0.39, 0.29) is 12.2 Å². The van der Waals surface area contributed by atoms with Gasteiger partial charge in [-0.3, -0.25) is 14.4 Å². The van der Waals surface area contributed by atoms with Crippen LogP contribution in [-0.2, 0) is 27.4 Å². The van der Waals surface area contributed by atoms with Gasteiger partial charge in [0.1, 0.15) is 0 Å². The molecule has 0 atom stereocenters. The number of aryl methyl sites for hydroxylation is 1. The van der Waals surface area contributed by atoms with Crippen LogP contribution in [0.5, 0.6) is 0 Å². The SMILES string of the molecule is Cc1nn(Cc2ccccc2)c(C)c1CNC(=O)CN1CCC(C2OCCO2)CC1. The summed E-state index contributed by atoms with van der Waals surface area (Å²) in [6.07, 6.45) is 1.99. The van der Waals surface area contributed by atoms with Crippen LogP contribution in [0.2, 0.25) is 0 Å². The van der Waals surface area contributed by atoms with Crippen LogP contribution in [0.25, 0.3) is 0 Å². The number of likely N-dealkylation sites (tertiary alicyclic amines) is 1. The number of carbonyl (C=O) groups is 1. The molecule has 4 rings (SSSR count). The normalized spacial score (nSPS) is 18.7. The molecule has 2 aliphatic rings.